The molecule has 5 fully saturated rings. The quantitative estimate of drug-likeness (QED) is 0.611. The van der Waals surface area contributed by atoms with Crippen LogP contribution in [0.25, 0.3) is 0 Å². The summed E-state index contributed by atoms with van der Waals surface area (Å²) in [7, 11) is 0. The zero-order valence-corrected chi connectivity index (χ0v) is 19.4. The Morgan fingerprint density at radius 1 is 1.00 bits per heavy atom. The van der Waals surface area contributed by atoms with Crippen LogP contribution in [0, 0.1) is 10.8 Å². The van der Waals surface area contributed by atoms with E-state index in [9.17, 15) is 4.79 Å². The van der Waals surface area contributed by atoms with E-state index in [4.69, 9.17) is 0 Å². The van der Waals surface area contributed by atoms with E-state index in [0.717, 1.165) is 64.3 Å². The molecule has 1 aromatic rings. The zero-order chi connectivity index (χ0) is 21.3. The molecule has 170 valence electrons. The largest absolute Gasteiger partial charge is 0.354 e. The predicted molar refractivity (Wildman–Crippen MR) is 125 cm³/mol. The lowest BCUT2D eigenvalue weighted by Crippen LogP contribution is -2.66. The molecule has 0 N–H and O–H groups in total. The number of nitrogens with zero attached hydrogens (tertiary/aromatic N) is 4. The van der Waals surface area contributed by atoms with Gasteiger partial charge in [0.15, 0.2) is 0 Å². The van der Waals surface area contributed by atoms with Gasteiger partial charge in [-0.15, -0.1) is 0 Å². The van der Waals surface area contributed by atoms with E-state index < -0.39 is 0 Å². The Hall–Kier alpha value is -1.62. The van der Waals surface area contributed by atoms with Crippen molar-refractivity contribution in [3.8, 4) is 0 Å². The van der Waals surface area contributed by atoms with Crippen LogP contribution in [0.2, 0.25) is 0 Å². The highest BCUT2D eigenvalue weighted by molar-refractivity contribution is 5.84. The van der Waals surface area contributed by atoms with Gasteiger partial charge in [-0.2, -0.15) is 0 Å². The molecule has 0 aromatic carbocycles. The van der Waals surface area contributed by atoms with E-state index in [-0.39, 0.29) is 5.41 Å². The number of amides is 1. The number of hydrogen-bond donors (Lipinski definition) is 0. The van der Waals surface area contributed by atoms with Gasteiger partial charge in [0.2, 0.25) is 5.91 Å². The van der Waals surface area contributed by atoms with Crippen LogP contribution in [0.5, 0.6) is 0 Å². The Morgan fingerprint density at radius 2 is 1.71 bits per heavy atom. The topological polar surface area (TPSA) is 39.7 Å². The van der Waals surface area contributed by atoms with E-state index in [1.165, 1.54) is 44.9 Å². The summed E-state index contributed by atoms with van der Waals surface area (Å²) < 4.78 is 0. The standard InChI is InChI=1S/C26H40N4O/c1-2-3-5-8-25-9-12-26(13-10-25,14-11-25)24(31)30-20-22(21-30)28-16-18-29(19-17-28)23-7-4-6-15-27-23/h4,6-7,15,22H,2-3,5,8-14,16-21H2,1H3. The van der Waals surface area contributed by atoms with Crippen LogP contribution >= 0.6 is 0 Å². The van der Waals surface area contributed by atoms with E-state index in [2.05, 4.69) is 38.7 Å². The molecule has 1 amide bonds. The number of carbonyl (C=O) groups excluding carboxylic acids is 1. The van der Waals surface area contributed by atoms with Crippen molar-refractivity contribution in [1.29, 1.82) is 0 Å². The number of carbonyl (C=O) groups is 1. The maximum atomic E-state index is 13.5. The first kappa shape index (κ1) is 21.2. The SMILES string of the molecule is CCCCCC12CCC(C(=O)N3CC(N4CCN(c5ccccn5)CC4)C3)(CC1)CC2. The second-order valence-electron chi connectivity index (χ2n) is 10.8. The third-order valence-electron chi connectivity index (χ3n) is 9.12. The van der Waals surface area contributed by atoms with Gasteiger partial charge in [-0.25, -0.2) is 4.98 Å². The summed E-state index contributed by atoms with van der Waals surface area (Å²) in [6, 6.07) is 6.71. The van der Waals surface area contributed by atoms with Crippen LogP contribution < -0.4 is 4.90 Å². The van der Waals surface area contributed by atoms with Gasteiger partial charge >= 0.3 is 0 Å². The van der Waals surface area contributed by atoms with Gasteiger partial charge in [-0.3, -0.25) is 9.69 Å². The highest BCUT2D eigenvalue weighted by atomic mass is 16.2. The second-order valence-corrected chi connectivity index (χ2v) is 10.8. The molecule has 3 saturated carbocycles. The van der Waals surface area contributed by atoms with Crippen LogP contribution in [-0.2, 0) is 4.79 Å². The number of piperazine rings is 1. The molecule has 2 saturated heterocycles. The molecule has 1 aromatic heterocycles. The summed E-state index contributed by atoms with van der Waals surface area (Å²) in [6.45, 7) is 8.42. The molecule has 5 nitrogen and oxygen atoms in total. The molecule has 0 spiro atoms. The lowest BCUT2D eigenvalue weighted by molar-refractivity contribution is -0.160. The third-order valence-corrected chi connectivity index (χ3v) is 9.12. The normalized spacial score (nSPS) is 31.6. The highest BCUT2D eigenvalue weighted by Crippen LogP contribution is 2.59. The van der Waals surface area contributed by atoms with Crippen molar-refractivity contribution >= 4 is 11.7 Å². The molecule has 5 heteroatoms. The monoisotopic (exact) mass is 424 g/mol. The van der Waals surface area contributed by atoms with Crippen molar-refractivity contribution in [3.63, 3.8) is 0 Å². The first-order valence-electron chi connectivity index (χ1n) is 12.8. The highest BCUT2D eigenvalue weighted by Gasteiger charge is 2.54. The minimum Gasteiger partial charge on any atom is -0.354 e. The minimum absolute atomic E-state index is 0.00481. The predicted octanol–water partition coefficient (Wildman–Crippen LogP) is 4.34. The lowest BCUT2D eigenvalue weighted by Gasteiger charge is -2.56. The summed E-state index contributed by atoms with van der Waals surface area (Å²) in [5.74, 6) is 1.59. The number of anilines is 1. The van der Waals surface area contributed by atoms with Gasteiger partial charge in [-0.05, 0) is 62.5 Å². The maximum Gasteiger partial charge on any atom is 0.228 e. The smallest absolute Gasteiger partial charge is 0.228 e. The minimum atomic E-state index is -0.00481. The van der Waals surface area contributed by atoms with Crippen molar-refractivity contribution in [2.24, 2.45) is 10.8 Å². The molecule has 3 heterocycles. The van der Waals surface area contributed by atoms with E-state index in [1.807, 2.05) is 12.3 Å². The van der Waals surface area contributed by atoms with Crippen LogP contribution in [0.15, 0.2) is 24.4 Å². The molecule has 31 heavy (non-hydrogen) atoms. The summed E-state index contributed by atoms with van der Waals surface area (Å²) in [4.78, 5) is 25.2. The molecular weight excluding hydrogens is 384 g/mol. The Bertz CT molecular complexity index is 727. The number of aromatic nitrogens is 1. The number of likely N-dealkylation sites (tertiary alicyclic amines) is 1. The Morgan fingerprint density at radius 3 is 2.32 bits per heavy atom. The number of hydrogen-bond acceptors (Lipinski definition) is 4. The van der Waals surface area contributed by atoms with E-state index in [0.29, 0.717) is 17.4 Å². The Kier molecular flexibility index (Phi) is 5.98. The molecule has 3 aliphatic carbocycles. The van der Waals surface area contributed by atoms with Crippen LogP contribution in [-0.4, -0.2) is 66.0 Å². The van der Waals surface area contributed by atoms with Crippen molar-refractivity contribution in [2.75, 3.05) is 44.2 Å². The molecule has 2 bridgehead atoms. The van der Waals surface area contributed by atoms with Crippen molar-refractivity contribution in [1.82, 2.24) is 14.8 Å². The first-order valence-corrected chi connectivity index (χ1v) is 12.8. The third kappa shape index (κ3) is 4.10. The Labute approximate surface area is 188 Å². The molecule has 5 aliphatic rings. The average Bonchev–Trinajstić information content (AvgIpc) is 2.80. The van der Waals surface area contributed by atoms with Crippen molar-refractivity contribution in [2.45, 2.75) is 77.2 Å². The number of unbranched alkanes of at least 4 members (excludes halogenated alkanes) is 2. The first-order chi connectivity index (χ1) is 15.1. The number of fused-ring (bicyclic) bond motifs is 3. The molecule has 0 radical (unpaired) electrons. The fourth-order valence-corrected chi connectivity index (χ4v) is 6.75. The van der Waals surface area contributed by atoms with E-state index >= 15 is 0 Å². The molecule has 2 aliphatic heterocycles. The lowest BCUT2D eigenvalue weighted by atomic mass is 9.52. The van der Waals surface area contributed by atoms with Crippen LogP contribution in [0.4, 0.5) is 5.82 Å². The Balaban J connectivity index is 1.08. The fourth-order valence-electron chi connectivity index (χ4n) is 6.75. The van der Waals surface area contributed by atoms with Gasteiger partial charge in [0.1, 0.15) is 5.82 Å². The van der Waals surface area contributed by atoms with Crippen LogP contribution in [0.1, 0.15) is 71.1 Å². The summed E-state index contributed by atoms with van der Waals surface area (Å²) in [6.07, 6.45) is 14.7. The maximum absolute atomic E-state index is 13.5. The van der Waals surface area contributed by atoms with Crippen molar-refractivity contribution in [3.05, 3.63) is 24.4 Å². The van der Waals surface area contributed by atoms with Gasteiger partial charge < -0.3 is 9.80 Å². The zero-order valence-electron chi connectivity index (χ0n) is 19.4. The number of rotatable bonds is 7. The average molecular weight is 425 g/mol. The molecule has 6 rings (SSSR count). The van der Waals surface area contributed by atoms with Gasteiger partial charge in [-0.1, -0.05) is 32.3 Å². The fraction of sp³-hybridized carbons (Fsp3) is 0.769. The van der Waals surface area contributed by atoms with Crippen molar-refractivity contribution < 1.29 is 4.79 Å². The van der Waals surface area contributed by atoms with E-state index in [1.54, 1.807) is 0 Å². The van der Waals surface area contributed by atoms with Gasteiger partial charge in [0.25, 0.3) is 0 Å². The summed E-state index contributed by atoms with van der Waals surface area (Å²) >= 11 is 0. The molecule has 0 unspecified atom stereocenters. The van der Waals surface area contributed by atoms with Gasteiger partial charge in [0, 0.05) is 56.9 Å². The van der Waals surface area contributed by atoms with Crippen LogP contribution in [0.3, 0.4) is 0 Å². The summed E-state index contributed by atoms with van der Waals surface area (Å²) in [5, 5.41) is 0. The molecular formula is C26H40N4O. The number of pyridine rings is 1. The second kappa shape index (κ2) is 8.73. The molecule has 0 atom stereocenters. The summed E-state index contributed by atoms with van der Waals surface area (Å²) in [5.41, 5.74) is 0.580. The van der Waals surface area contributed by atoms with Gasteiger partial charge in [0.05, 0.1) is 0 Å².